The molecule has 0 heterocycles. The Morgan fingerprint density at radius 3 is 1.52 bits per heavy atom. The van der Waals surface area contributed by atoms with E-state index in [4.69, 9.17) is 9.98 Å². The molecule has 0 radical (unpaired) electrons. The first-order valence-corrected chi connectivity index (χ1v) is 17.2. The van der Waals surface area contributed by atoms with Gasteiger partial charge in [-0.25, -0.2) is 4.99 Å². The summed E-state index contributed by atoms with van der Waals surface area (Å²) in [5, 5.41) is 0. The zero-order chi connectivity index (χ0) is 29.7. The molecular formula is C39H60N2Pd. The number of nitrogens with zero attached hydrogens (tertiary/aromatic N) is 2. The van der Waals surface area contributed by atoms with E-state index >= 15 is 0 Å². The summed E-state index contributed by atoms with van der Waals surface area (Å²) in [6, 6.07) is 13.5. The molecule has 2 rings (SSSR count). The molecule has 0 fully saturated rings. The van der Waals surface area contributed by atoms with E-state index in [0.29, 0.717) is 0 Å². The van der Waals surface area contributed by atoms with E-state index in [1.54, 1.807) is 0 Å². The van der Waals surface area contributed by atoms with Crippen LogP contribution in [0.25, 0.3) is 0 Å². The largest absolute Gasteiger partial charge is 0.251 e. The van der Waals surface area contributed by atoms with Crippen LogP contribution in [0.1, 0.15) is 147 Å². The minimum absolute atomic E-state index is 0. The summed E-state index contributed by atoms with van der Waals surface area (Å²) in [7, 11) is 0. The Morgan fingerprint density at radius 2 is 1.02 bits per heavy atom. The Morgan fingerprint density at radius 1 is 0.548 bits per heavy atom. The van der Waals surface area contributed by atoms with E-state index in [2.05, 4.69) is 90.1 Å². The Hall–Kier alpha value is -1.82. The molecule has 0 spiro atoms. The first-order chi connectivity index (χ1) is 20.1. The fourth-order valence-electron chi connectivity index (χ4n) is 5.56. The maximum absolute atomic E-state index is 5.26. The standard InChI is InChI=1S/C39H60N2.Pd/c1-7-13-15-16-17-18-19-20-21-22-23-25-39(41-37-29-27-33(10-4)35(12-6)31-37)38(24-14-8-2)40-36-28-26-32(9-3)34(11-5)30-36;/h23,25-31H,7-22,24H2,1-6H3;/b25-23+,40-38+,41-39+;. The molecule has 2 aromatic rings. The third-order valence-electron chi connectivity index (χ3n) is 8.23. The zero-order valence-corrected chi connectivity index (χ0v) is 29.4. The predicted molar refractivity (Wildman–Crippen MR) is 185 cm³/mol. The van der Waals surface area contributed by atoms with Crippen molar-refractivity contribution in [3.63, 3.8) is 0 Å². The van der Waals surface area contributed by atoms with Crippen molar-refractivity contribution in [1.82, 2.24) is 0 Å². The summed E-state index contributed by atoms with van der Waals surface area (Å²) < 4.78 is 0. The van der Waals surface area contributed by atoms with E-state index in [0.717, 1.165) is 74.2 Å². The summed E-state index contributed by atoms with van der Waals surface area (Å²) in [5.41, 5.74) is 9.91. The molecule has 3 heteroatoms. The number of rotatable bonds is 21. The van der Waals surface area contributed by atoms with Gasteiger partial charge in [-0.15, -0.1) is 0 Å². The average molecular weight is 663 g/mol. The fraction of sp³-hybridized carbons (Fsp3) is 0.590. The number of allylic oxidation sites excluding steroid dienone is 2. The summed E-state index contributed by atoms with van der Waals surface area (Å²) in [5.74, 6) is 0. The van der Waals surface area contributed by atoms with Crippen molar-refractivity contribution in [2.45, 2.75) is 151 Å². The normalized spacial score (nSPS) is 12.2. The molecule has 236 valence electrons. The molecule has 42 heavy (non-hydrogen) atoms. The monoisotopic (exact) mass is 662 g/mol. The van der Waals surface area contributed by atoms with Crippen LogP contribution in [-0.2, 0) is 46.1 Å². The summed E-state index contributed by atoms with van der Waals surface area (Å²) in [4.78, 5) is 10.5. The number of hydrogen-bond acceptors (Lipinski definition) is 2. The van der Waals surface area contributed by atoms with Crippen LogP contribution in [0.15, 0.2) is 58.5 Å². The van der Waals surface area contributed by atoms with Crippen LogP contribution >= 0.6 is 0 Å². The molecule has 0 amide bonds. The van der Waals surface area contributed by atoms with Crippen molar-refractivity contribution in [1.29, 1.82) is 0 Å². The third kappa shape index (κ3) is 14.1. The molecule has 2 aromatic carbocycles. The smallest absolute Gasteiger partial charge is 0.0848 e. The summed E-state index contributed by atoms with van der Waals surface area (Å²) in [6.45, 7) is 13.5. The number of benzene rings is 2. The minimum Gasteiger partial charge on any atom is -0.251 e. The third-order valence-corrected chi connectivity index (χ3v) is 8.23. The summed E-state index contributed by atoms with van der Waals surface area (Å²) >= 11 is 0. The van der Waals surface area contributed by atoms with Gasteiger partial charge in [0.05, 0.1) is 22.8 Å². The van der Waals surface area contributed by atoms with Crippen molar-refractivity contribution in [3.05, 3.63) is 70.8 Å². The van der Waals surface area contributed by atoms with Crippen molar-refractivity contribution < 1.29 is 20.4 Å². The van der Waals surface area contributed by atoms with Gasteiger partial charge in [0.25, 0.3) is 0 Å². The van der Waals surface area contributed by atoms with Crippen LogP contribution in [0.3, 0.4) is 0 Å². The van der Waals surface area contributed by atoms with Crippen LogP contribution in [0.4, 0.5) is 11.4 Å². The van der Waals surface area contributed by atoms with Crippen LogP contribution in [-0.4, -0.2) is 11.4 Å². The fourth-order valence-corrected chi connectivity index (χ4v) is 5.56. The van der Waals surface area contributed by atoms with Gasteiger partial charge in [0.2, 0.25) is 0 Å². The van der Waals surface area contributed by atoms with E-state index < -0.39 is 0 Å². The average Bonchev–Trinajstić information content (AvgIpc) is 3.01. The second-order valence-corrected chi connectivity index (χ2v) is 11.5. The van der Waals surface area contributed by atoms with Crippen molar-refractivity contribution >= 4 is 22.8 Å². The summed E-state index contributed by atoms with van der Waals surface area (Å²) in [6.07, 6.45) is 25.4. The van der Waals surface area contributed by atoms with Gasteiger partial charge < -0.3 is 0 Å². The molecule has 0 N–H and O–H groups in total. The van der Waals surface area contributed by atoms with Gasteiger partial charge in [-0.05, 0) is 104 Å². The van der Waals surface area contributed by atoms with Crippen molar-refractivity contribution in [2.24, 2.45) is 9.98 Å². The molecule has 2 nitrogen and oxygen atoms in total. The molecule has 0 aliphatic heterocycles. The van der Waals surface area contributed by atoms with E-state index in [9.17, 15) is 0 Å². The van der Waals surface area contributed by atoms with Crippen molar-refractivity contribution in [3.8, 4) is 0 Å². The molecular weight excluding hydrogens is 603 g/mol. The van der Waals surface area contributed by atoms with Gasteiger partial charge in [0, 0.05) is 20.4 Å². The van der Waals surface area contributed by atoms with Gasteiger partial charge in [0.15, 0.2) is 0 Å². The number of aryl methyl sites for hydroxylation is 4. The number of unbranched alkanes of at least 4 members (excludes halogenated alkanes) is 10. The quantitative estimate of drug-likeness (QED) is 0.0722. The van der Waals surface area contributed by atoms with E-state index in [1.807, 2.05) is 0 Å². The molecule has 0 aliphatic rings. The Bertz CT molecular complexity index is 1100. The topological polar surface area (TPSA) is 24.7 Å². The maximum atomic E-state index is 5.26. The van der Waals surface area contributed by atoms with Gasteiger partial charge in [-0.2, -0.15) is 0 Å². The zero-order valence-electron chi connectivity index (χ0n) is 27.9. The second-order valence-electron chi connectivity index (χ2n) is 11.5. The predicted octanol–water partition coefficient (Wildman–Crippen LogP) is 12.4. The molecule has 0 saturated heterocycles. The minimum atomic E-state index is 0. The van der Waals surface area contributed by atoms with Crippen LogP contribution < -0.4 is 0 Å². The molecule has 0 unspecified atom stereocenters. The van der Waals surface area contributed by atoms with E-state index in [1.165, 1.54) is 80.0 Å². The first-order valence-electron chi connectivity index (χ1n) is 17.2. The van der Waals surface area contributed by atoms with Crippen LogP contribution in [0.5, 0.6) is 0 Å². The Labute approximate surface area is 273 Å². The van der Waals surface area contributed by atoms with Gasteiger partial charge in [-0.3, -0.25) is 4.99 Å². The first kappa shape index (κ1) is 38.2. The van der Waals surface area contributed by atoms with Crippen LogP contribution in [0, 0.1) is 0 Å². The molecule has 0 aromatic heterocycles. The van der Waals surface area contributed by atoms with Crippen LogP contribution in [0.2, 0.25) is 0 Å². The Kier molecular flexibility index (Phi) is 21.5. The van der Waals surface area contributed by atoms with Gasteiger partial charge >= 0.3 is 0 Å². The number of aliphatic imine (C=N–C) groups is 2. The maximum Gasteiger partial charge on any atom is 0.0848 e. The SMILES string of the molecule is CCCCCCCCCCC/C=C/C(=N\c1ccc(CC)c(CC)c1)C(/CCCC)=N/c1ccc(CC)c(CC)c1.[Pd]. The van der Waals surface area contributed by atoms with Gasteiger partial charge in [0.1, 0.15) is 0 Å². The molecule has 0 saturated carbocycles. The Balaban J connectivity index is 0.00000882. The molecule has 0 aliphatic carbocycles. The van der Waals surface area contributed by atoms with Gasteiger partial charge in [-0.1, -0.05) is 118 Å². The number of hydrogen-bond donors (Lipinski definition) is 0. The van der Waals surface area contributed by atoms with Crippen molar-refractivity contribution in [2.75, 3.05) is 0 Å². The molecule has 0 atom stereocenters. The van der Waals surface area contributed by atoms with E-state index in [-0.39, 0.29) is 20.4 Å². The second kappa shape index (κ2) is 23.6. The molecule has 0 bridgehead atoms.